The Balaban J connectivity index is 2.57. The molecule has 1 heterocycles. The van der Waals surface area contributed by atoms with Crippen LogP contribution < -0.4 is 5.73 Å². The van der Waals surface area contributed by atoms with Gasteiger partial charge in [0.1, 0.15) is 11.6 Å². The average molecular weight is 184 g/mol. The number of rotatable bonds is 4. The van der Waals surface area contributed by atoms with Gasteiger partial charge in [0.05, 0.1) is 13.2 Å². The molecule has 0 spiro atoms. The predicted octanol–water partition coefficient (Wildman–Crippen LogP) is -0.131. The van der Waals surface area contributed by atoms with Crippen LogP contribution in [0.1, 0.15) is 11.6 Å². The third-order valence-electron chi connectivity index (χ3n) is 1.75. The number of aryl methyl sites for hydroxylation is 2. The minimum absolute atomic E-state index is 0.0233. The molecule has 0 saturated heterocycles. The van der Waals surface area contributed by atoms with E-state index in [4.69, 9.17) is 10.5 Å². The van der Waals surface area contributed by atoms with Crippen LogP contribution in [0.3, 0.4) is 0 Å². The Morgan fingerprint density at radius 2 is 2.23 bits per heavy atom. The highest BCUT2D eigenvalue weighted by atomic mass is 16.5. The first-order valence-corrected chi connectivity index (χ1v) is 4.26. The van der Waals surface area contributed by atoms with Crippen LogP contribution in [0.5, 0.6) is 0 Å². The van der Waals surface area contributed by atoms with E-state index in [9.17, 15) is 0 Å². The molecule has 5 heteroatoms. The highest BCUT2D eigenvalue weighted by molar-refractivity contribution is 4.88. The van der Waals surface area contributed by atoms with Crippen LogP contribution >= 0.6 is 0 Å². The van der Waals surface area contributed by atoms with Crippen LogP contribution in [0, 0.1) is 13.8 Å². The van der Waals surface area contributed by atoms with Gasteiger partial charge >= 0.3 is 0 Å². The Labute approximate surface area is 77.9 Å². The number of aromatic nitrogens is 3. The Bertz CT molecular complexity index is 271. The van der Waals surface area contributed by atoms with E-state index in [1.807, 2.05) is 13.8 Å². The summed E-state index contributed by atoms with van der Waals surface area (Å²) in [6.07, 6.45) is 0. The van der Waals surface area contributed by atoms with E-state index in [1.165, 1.54) is 0 Å². The molecule has 1 aromatic rings. The van der Waals surface area contributed by atoms with Crippen molar-refractivity contribution < 1.29 is 4.74 Å². The van der Waals surface area contributed by atoms with Crippen LogP contribution in [0.4, 0.5) is 0 Å². The summed E-state index contributed by atoms with van der Waals surface area (Å²) in [6, 6.07) is -0.0233. The summed E-state index contributed by atoms with van der Waals surface area (Å²) < 4.78 is 6.74. The average Bonchev–Trinajstić information content (AvgIpc) is 2.30. The van der Waals surface area contributed by atoms with Crippen molar-refractivity contribution in [1.82, 2.24) is 14.8 Å². The smallest absolute Gasteiger partial charge is 0.147 e. The van der Waals surface area contributed by atoms with E-state index in [0.29, 0.717) is 13.2 Å². The van der Waals surface area contributed by atoms with Crippen molar-refractivity contribution in [2.45, 2.75) is 26.4 Å². The number of nitrogens with zero attached hydrogens (tertiary/aromatic N) is 3. The van der Waals surface area contributed by atoms with Gasteiger partial charge in [0.2, 0.25) is 0 Å². The zero-order valence-electron chi connectivity index (χ0n) is 8.32. The highest BCUT2D eigenvalue weighted by Gasteiger charge is 2.07. The molecule has 1 rings (SSSR count). The standard InChI is InChI=1S/C8H16N4O/c1-6-10-7(2)12(11-6)4-8(9)5-13-3/h8H,4-5,9H2,1-3H3. The second-order valence-electron chi connectivity index (χ2n) is 3.10. The molecule has 0 radical (unpaired) electrons. The molecule has 1 aromatic heterocycles. The van der Waals surface area contributed by atoms with Crippen molar-refractivity contribution in [1.29, 1.82) is 0 Å². The first kappa shape index (κ1) is 10.1. The lowest BCUT2D eigenvalue weighted by atomic mass is 10.3. The molecule has 2 N–H and O–H groups in total. The SMILES string of the molecule is COCC(N)Cn1nc(C)nc1C. The number of hydrogen-bond acceptors (Lipinski definition) is 4. The fourth-order valence-corrected chi connectivity index (χ4v) is 1.22. The van der Waals surface area contributed by atoms with E-state index in [0.717, 1.165) is 11.6 Å². The largest absolute Gasteiger partial charge is 0.383 e. The Hall–Kier alpha value is -0.940. The summed E-state index contributed by atoms with van der Waals surface area (Å²) in [5, 5.41) is 4.20. The quantitative estimate of drug-likeness (QED) is 0.707. The predicted molar refractivity (Wildman–Crippen MR) is 49.3 cm³/mol. The van der Waals surface area contributed by atoms with Gasteiger partial charge in [-0.1, -0.05) is 0 Å². The molecule has 1 atom stereocenters. The first-order valence-electron chi connectivity index (χ1n) is 4.26. The van der Waals surface area contributed by atoms with Crippen molar-refractivity contribution in [3.8, 4) is 0 Å². The van der Waals surface area contributed by atoms with Gasteiger partial charge in [-0.15, -0.1) is 0 Å². The van der Waals surface area contributed by atoms with Crippen LogP contribution in [0.25, 0.3) is 0 Å². The Kier molecular flexibility index (Phi) is 3.39. The van der Waals surface area contributed by atoms with E-state index < -0.39 is 0 Å². The molecular formula is C8H16N4O. The van der Waals surface area contributed by atoms with Crippen LogP contribution in [0.2, 0.25) is 0 Å². The van der Waals surface area contributed by atoms with Crippen molar-refractivity contribution in [2.75, 3.05) is 13.7 Å². The van der Waals surface area contributed by atoms with Gasteiger partial charge in [-0.25, -0.2) is 9.67 Å². The van der Waals surface area contributed by atoms with Gasteiger partial charge < -0.3 is 10.5 Å². The van der Waals surface area contributed by atoms with Crippen molar-refractivity contribution in [2.24, 2.45) is 5.73 Å². The normalized spacial score (nSPS) is 13.2. The molecule has 0 saturated carbocycles. The van der Waals surface area contributed by atoms with Crippen molar-refractivity contribution in [3.05, 3.63) is 11.6 Å². The second kappa shape index (κ2) is 4.34. The summed E-state index contributed by atoms with van der Waals surface area (Å²) in [7, 11) is 1.64. The molecule has 13 heavy (non-hydrogen) atoms. The molecule has 0 aliphatic carbocycles. The zero-order chi connectivity index (χ0) is 9.84. The molecule has 0 aliphatic rings. The topological polar surface area (TPSA) is 66.0 Å². The maximum atomic E-state index is 5.78. The zero-order valence-corrected chi connectivity index (χ0v) is 8.32. The maximum Gasteiger partial charge on any atom is 0.147 e. The summed E-state index contributed by atoms with van der Waals surface area (Å²) in [5.74, 6) is 1.67. The van der Waals surface area contributed by atoms with Crippen LogP contribution in [-0.2, 0) is 11.3 Å². The molecule has 0 aromatic carbocycles. The monoisotopic (exact) mass is 184 g/mol. The molecule has 0 fully saturated rings. The minimum Gasteiger partial charge on any atom is -0.383 e. The van der Waals surface area contributed by atoms with Gasteiger partial charge in [0.25, 0.3) is 0 Å². The van der Waals surface area contributed by atoms with Gasteiger partial charge in [-0.05, 0) is 13.8 Å². The van der Waals surface area contributed by atoms with Crippen molar-refractivity contribution >= 4 is 0 Å². The van der Waals surface area contributed by atoms with Crippen molar-refractivity contribution in [3.63, 3.8) is 0 Å². The van der Waals surface area contributed by atoms with Crippen LogP contribution in [0.15, 0.2) is 0 Å². The van der Waals surface area contributed by atoms with E-state index in [1.54, 1.807) is 11.8 Å². The molecule has 0 aliphatic heterocycles. The third-order valence-corrected chi connectivity index (χ3v) is 1.75. The van der Waals surface area contributed by atoms with Gasteiger partial charge in [0.15, 0.2) is 0 Å². The molecule has 0 amide bonds. The lowest BCUT2D eigenvalue weighted by molar-refractivity contribution is 0.171. The fourth-order valence-electron chi connectivity index (χ4n) is 1.22. The molecule has 5 nitrogen and oxygen atoms in total. The second-order valence-corrected chi connectivity index (χ2v) is 3.10. The van der Waals surface area contributed by atoms with Gasteiger partial charge in [0, 0.05) is 13.2 Å². The number of methoxy groups -OCH3 is 1. The lowest BCUT2D eigenvalue weighted by Crippen LogP contribution is -2.31. The van der Waals surface area contributed by atoms with E-state index in [2.05, 4.69) is 10.1 Å². The van der Waals surface area contributed by atoms with E-state index in [-0.39, 0.29) is 6.04 Å². The lowest BCUT2D eigenvalue weighted by Gasteiger charge is -2.10. The van der Waals surface area contributed by atoms with Crippen LogP contribution in [-0.4, -0.2) is 34.5 Å². The molecule has 74 valence electrons. The van der Waals surface area contributed by atoms with E-state index >= 15 is 0 Å². The fraction of sp³-hybridized carbons (Fsp3) is 0.750. The highest BCUT2D eigenvalue weighted by Crippen LogP contribution is 1.97. The molecule has 1 unspecified atom stereocenters. The number of nitrogens with two attached hydrogens (primary N) is 1. The summed E-state index contributed by atoms with van der Waals surface area (Å²) in [6.45, 7) is 4.98. The molecule has 0 bridgehead atoms. The Morgan fingerprint density at radius 1 is 1.54 bits per heavy atom. The minimum atomic E-state index is -0.0233. The summed E-state index contributed by atoms with van der Waals surface area (Å²) in [5.41, 5.74) is 5.78. The number of ether oxygens (including phenoxy) is 1. The third kappa shape index (κ3) is 2.78. The Morgan fingerprint density at radius 3 is 2.69 bits per heavy atom. The number of hydrogen-bond donors (Lipinski definition) is 1. The van der Waals surface area contributed by atoms with Gasteiger partial charge in [-0.3, -0.25) is 0 Å². The summed E-state index contributed by atoms with van der Waals surface area (Å²) in [4.78, 5) is 4.18. The van der Waals surface area contributed by atoms with Gasteiger partial charge in [-0.2, -0.15) is 5.10 Å². The first-order chi connectivity index (χ1) is 6.13. The maximum absolute atomic E-state index is 5.78. The summed E-state index contributed by atoms with van der Waals surface area (Å²) >= 11 is 0. The molecular weight excluding hydrogens is 168 g/mol.